The highest BCUT2D eigenvalue weighted by Gasteiger charge is 2.43. The van der Waals surface area contributed by atoms with Crippen molar-refractivity contribution >= 4 is 11.8 Å². The molecule has 0 fully saturated rings. The van der Waals surface area contributed by atoms with Crippen LogP contribution in [0.1, 0.15) is 78.2 Å². The van der Waals surface area contributed by atoms with Gasteiger partial charge in [0, 0.05) is 40.2 Å². The molecule has 7 nitrogen and oxygen atoms in total. The van der Waals surface area contributed by atoms with Crippen molar-refractivity contribution in [1.82, 2.24) is 10.6 Å². The van der Waals surface area contributed by atoms with E-state index in [1.165, 1.54) is 5.56 Å². The van der Waals surface area contributed by atoms with Gasteiger partial charge >= 0.3 is 0 Å². The molecule has 1 rings (SSSR count). The molecule has 2 amide bonds. The van der Waals surface area contributed by atoms with Crippen molar-refractivity contribution in [3.8, 4) is 11.5 Å². The fourth-order valence-electron chi connectivity index (χ4n) is 4.94. The summed E-state index contributed by atoms with van der Waals surface area (Å²) in [5.74, 6) is 2.00. The van der Waals surface area contributed by atoms with Gasteiger partial charge in [-0.25, -0.2) is 0 Å². The van der Waals surface area contributed by atoms with Gasteiger partial charge in [-0.1, -0.05) is 53.0 Å². The number of ether oxygens (including phenoxy) is 3. The first-order valence-corrected chi connectivity index (χ1v) is 13.5. The predicted octanol–water partition coefficient (Wildman–Crippen LogP) is 5.15. The number of carbonyl (C=O) groups excluding carboxylic acids is 2. The van der Waals surface area contributed by atoms with Crippen LogP contribution >= 0.6 is 0 Å². The molecule has 1 aromatic carbocycles. The summed E-state index contributed by atoms with van der Waals surface area (Å²) in [5.41, 5.74) is 0.819. The minimum atomic E-state index is -0.423. The molecule has 0 radical (unpaired) electrons. The first-order chi connectivity index (χ1) is 17.2. The number of nitrogens with one attached hydrogen (secondary N) is 2. The number of hydrogen-bond acceptors (Lipinski definition) is 5. The molecule has 1 aromatic rings. The van der Waals surface area contributed by atoms with Gasteiger partial charge in [-0.15, -0.1) is 0 Å². The quantitative estimate of drug-likeness (QED) is 0.253. The van der Waals surface area contributed by atoms with Gasteiger partial charge in [-0.2, -0.15) is 0 Å². The summed E-state index contributed by atoms with van der Waals surface area (Å²) in [6.45, 7) is 10.2. The lowest BCUT2D eigenvalue weighted by Gasteiger charge is -2.40. The van der Waals surface area contributed by atoms with Crippen LogP contribution in [0.4, 0.5) is 0 Å². The molecule has 0 atom stereocenters. The smallest absolute Gasteiger partial charge is 0.226 e. The average molecular weight is 507 g/mol. The fraction of sp³-hybridized carbons (Fsp3) is 0.724. The number of aryl methyl sites for hydroxylation is 1. The first-order valence-electron chi connectivity index (χ1n) is 13.5. The second kappa shape index (κ2) is 17.2. The minimum absolute atomic E-state index is 0.0587. The van der Waals surface area contributed by atoms with Crippen LogP contribution in [-0.4, -0.2) is 52.8 Å². The van der Waals surface area contributed by atoms with E-state index in [1.807, 2.05) is 6.07 Å². The van der Waals surface area contributed by atoms with Crippen LogP contribution in [0.2, 0.25) is 0 Å². The van der Waals surface area contributed by atoms with E-state index in [4.69, 9.17) is 14.2 Å². The Morgan fingerprint density at radius 3 is 2.22 bits per heavy atom. The van der Waals surface area contributed by atoms with Crippen molar-refractivity contribution in [1.29, 1.82) is 0 Å². The molecule has 0 aliphatic rings. The van der Waals surface area contributed by atoms with Crippen LogP contribution in [-0.2, 0) is 20.7 Å². The van der Waals surface area contributed by atoms with Crippen LogP contribution in [0, 0.1) is 17.3 Å². The Kier molecular flexibility index (Phi) is 15.2. The van der Waals surface area contributed by atoms with E-state index >= 15 is 0 Å². The number of unbranched alkanes of at least 4 members (excludes halogenated alkanes) is 3. The predicted molar refractivity (Wildman–Crippen MR) is 146 cm³/mol. The molecule has 0 heterocycles. The third-order valence-electron chi connectivity index (χ3n) is 7.18. The second-order valence-electron chi connectivity index (χ2n) is 10.1. The topological polar surface area (TPSA) is 85.9 Å². The molecule has 0 aliphatic heterocycles. The van der Waals surface area contributed by atoms with E-state index in [0.29, 0.717) is 26.2 Å². The molecule has 206 valence electrons. The molecule has 0 aromatic heterocycles. The molecule has 0 unspecified atom stereocenters. The molecule has 0 saturated heterocycles. The van der Waals surface area contributed by atoms with Gasteiger partial charge in [0.15, 0.2) is 11.5 Å². The van der Waals surface area contributed by atoms with Crippen LogP contribution < -0.4 is 20.1 Å². The van der Waals surface area contributed by atoms with E-state index in [9.17, 15) is 9.59 Å². The Labute approximate surface area is 219 Å². The molecule has 7 heteroatoms. The van der Waals surface area contributed by atoms with Gasteiger partial charge in [0.25, 0.3) is 0 Å². The van der Waals surface area contributed by atoms with Crippen molar-refractivity contribution < 1.29 is 23.8 Å². The van der Waals surface area contributed by atoms with Crippen molar-refractivity contribution in [2.45, 2.75) is 79.1 Å². The van der Waals surface area contributed by atoms with E-state index in [1.54, 1.807) is 21.3 Å². The van der Waals surface area contributed by atoms with Gasteiger partial charge in [0.05, 0.1) is 19.1 Å². The highest BCUT2D eigenvalue weighted by molar-refractivity contribution is 5.84. The number of methoxy groups -OCH3 is 2. The summed E-state index contributed by atoms with van der Waals surface area (Å²) in [4.78, 5) is 24.8. The summed E-state index contributed by atoms with van der Waals surface area (Å²) in [6.07, 6.45) is 7.28. The number of hydrogen-bond donors (Lipinski definition) is 2. The van der Waals surface area contributed by atoms with Gasteiger partial charge in [0.2, 0.25) is 11.8 Å². The Bertz CT molecular complexity index is 771. The number of rotatable bonds is 19. The molecular formula is C29H50N2O5. The summed E-state index contributed by atoms with van der Waals surface area (Å²) in [7, 11) is 4.97. The van der Waals surface area contributed by atoms with Gasteiger partial charge in [0.1, 0.15) is 0 Å². The first kappa shape index (κ1) is 31.7. The van der Waals surface area contributed by atoms with Crippen LogP contribution in [0.15, 0.2) is 18.2 Å². The average Bonchev–Trinajstić information content (AvgIpc) is 2.85. The van der Waals surface area contributed by atoms with E-state index in [0.717, 1.165) is 56.4 Å². The molecular weight excluding hydrogens is 456 g/mol. The summed E-state index contributed by atoms with van der Waals surface area (Å²) in [5, 5.41) is 5.64. The monoisotopic (exact) mass is 506 g/mol. The number of amides is 2. The zero-order valence-electron chi connectivity index (χ0n) is 23.7. The van der Waals surface area contributed by atoms with Crippen LogP contribution in [0.25, 0.3) is 0 Å². The largest absolute Gasteiger partial charge is 0.493 e. The zero-order valence-corrected chi connectivity index (χ0v) is 23.7. The Morgan fingerprint density at radius 2 is 1.61 bits per heavy atom. The summed E-state index contributed by atoms with van der Waals surface area (Å²) < 4.78 is 16.4. The lowest BCUT2D eigenvalue weighted by atomic mass is 9.65. The standard InChI is InChI=1S/C29H50N2O5/c1-22(2)29(23(3)4,28(33)31-18-16-27(32)30-5)17-11-9-8-10-13-24-14-15-25(35-7)26(21-24)36-20-12-19-34-6/h14-15,21-23H,8-13,16-20H2,1-7H3,(H,30,32)(H,31,33). The van der Waals surface area contributed by atoms with Crippen molar-refractivity contribution in [2.75, 3.05) is 41.0 Å². The van der Waals surface area contributed by atoms with Crippen molar-refractivity contribution in [3.63, 3.8) is 0 Å². The molecule has 0 spiro atoms. The third-order valence-corrected chi connectivity index (χ3v) is 7.18. The summed E-state index contributed by atoms with van der Waals surface area (Å²) >= 11 is 0. The Hall–Kier alpha value is -2.28. The van der Waals surface area contributed by atoms with E-state index in [-0.39, 0.29) is 23.7 Å². The van der Waals surface area contributed by atoms with Gasteiger partial charge in [-0.3, -0.25) is 9.59 Å². The van der Waals surface area contributed by atoms with Gasteiger partial charge < -0.3 is 24.8 Å². The van der Waals surface area contributed by atoms with Crippen LogP contribution in [0.5, 0.6) is 11.5 Å². The molecule has 0 aliphatic carbocycles. The van der Waals surface area contributed by atoms with Crippen LogP contribution in [0.3, 0.4) is 0 Å². The van der Waals surface area contributed by atoms with E-state index in [2.05, 4.69) is 50.5 Å². The number of carbonyl (C=O) groups is 2. The lowest BCUT2D eigenvalue weighted by molar-refractivity contribution is -0.137. The molecule has 0 bridgehead atoms. The fourth-order valence-corrected chi connectivity index (χ4v) is 4.94. The highest BCUT2D eigenvalue weighted by atomic mass is 16.5. The lowest BCUT2D eigenvalue weighted by Crippen LogP contribution is -2.48. The SMILES string of the molecule is CNC(=O)CCNC(=O)C(CCCCCCc1ccc(OC)c(OCCCOC)c1)(C(C)C)C(C)C. The van der Waals surface area contributed by atoms with Gasteiger partial charge in [-0.05, 0) is 48.8 Å². The Morgan fingerprint density at radius 1 is 0.917 bits per heavy atom. The normalized spacial score (nSPS) is 11.6. The maximum Gasteiger partial charge on any atom is 0.226 e. The molecule has 0 saturated carbocycles. The molecule has 36 heavy (non-hydrogen) atoms. The number of benzene rings is 1. The maximum absolute atomic E-state index is 13.2. The minimum Gasteiger partial charge on any atom is -0.493 e. The zero-order chi connectivity index (χ0) is 27.0. The second-order valence-corrected chi connectivity index (χ2v) is 10.1. The van der Waals surface area contributed by atoms with Crippen molar-refractivity contribution in [3.05, 3.63) is 23.8 Å². The van der Waals surface area contributed by atoms with Crippen molar-refractivity contribution in [2.24, 2.45) is 17.3 Å². The highest BCUT2D eigenvalue weighted by Crippen LogP contribution is 2.41. The maximum atomic E-state index is 13.2. The molecule has 2 N–H and O–H groups in total. The van der Waals surface area contributed by atoms with E-state index < -0.39 is 5.41 Å². The summed E-state index contributed by atoms with van der Waals surface area (Å²) in [6, 6.07) is 6.16. The Balaban J connectivity index is 2.58. The third kappa shape index (κ3) is 10.00.